The molecule has 11 nitrogen and oxygen atoms in total. The van der Waals surface area contributed by atoms with E-state index in [-0.39, 0.29) is 5.91 Å². The number of aromatic nitrogens is 4. The molecule has 39 heavy (non-hydrogen) atoms. The summed E-state index contributed by atoms with van der Waals surface area (Å²) in [6.07, 6.45) is 6.50. The molecule has 3 aromatic heterocycles. The third-order valence-corrected chi connectivity index (χ3v) is 6.04. The number of carbonyl (C=O) groups excluding carboxylic acids is 1. The van der Waals surface area contributed by atoms with Crippen LogP contribution in [0.2, 0.25) is 0 Å². The molecule has 0 radical (unpaired) electrons. The number of amides is 1. The first-order valence-electron chi connectivity index (χ1n) is 12.6. The highest BCUT2D eigenvalue weighted by atomic mass is 16.5. The molecular weight excluding hydrogens is 496 g/mol. The van der Waals surface area contributed by atoms with E-state index in [0.29, 0.717) is 41.1 Å². The second kappa shape index (κ2) is 12.3. The number of nitrogens with one attached hydrogen (secondary N) is 2. The molecule has 0 fully saturated rings. The standard InChI is InChI=1S/C28H34N8O3/c1-7-26(37)31-20-15-21(24(38-6)16-23(20)35(5)14-13-34(3)4)32-28-29-18-25(39-8-2)27(33-28)19-17-30-36-12-10-9-11-22(19)36/h7,9-12,15-18H,1,8,13-14H2,2-6H3,(H,31,37)(H,29,32,33). The Kier molecular flexibility index (Phi) is 8.62. The predicted molar refractivity (Wildman–Crippen MR) is 154 cm³/mol. The highest BCUT2D eigenvalue weighted by Gasteiger charge is 2.19. The number of benzene rings is 1. The lowest BCUT2D eigenvalue weighted by Crippen LogP contribution is -2.29. The topological polar surface area (TPSA) is 109 Å². The van der Waals surface area contributed by atoms with Crippen LogP contribution in [0.15, 0.2) is 61.6 Å². The number of anilines is 4. The second-order valence-electron chi connectivity index (χ2n) is 9.04. The van der Waals surface area contributed by atoms with Crippen LogP contribution in [-0.2, 0) is 4.79 Å². The van der Waals surface area contributed by atoms with Crippen molar-refractivity contribution < 1.29 is 14.3 Å². The maximum atomic E-state index is 12.3. The summed E-state index contributed by atoms with van der Waals surface area (Å²) in [7, 11) is 7.59. The summed E-state index contributed by atoms with van der Waals surface area (Å²) in [5.74, 6) is 1.12. The van der Waals surface area contributed by atoms with Crippen molar-refractivity contribution in [3.8, 4) is 22.8 Å². The van der Waals surface area contributed by atoms with Gasteiger partial charge >= 0.3 is 0 Å². The zero-order valence-corrected chi connectivity index (χ0v) is 22.9. The Morgan fingerprint density at radius 2 is 1.95 bits per heavy atom. The van der Waals surface area contributed by atoms with Gasteiger partial charge in [-0.25, -0.2) is 14.5 Å². The van der Waals surface area contributed by atoms with Gasteiger partial charge in [0.05, 0.1) is 54.3 Å². The fourth-order valence-corrected chi connectivity index (χ4v) is 4.03. The molecule has 0 spiro atoms. The van der Waals surface area contributed by atoms with Crippen LogP contribution in [-0.4, -0.2) is 78.3 Å². The third-order valence-electron chi connectivity index (χ3n) is 6.04. The van der Waals surface area contributed by atoms with Crippen molar-refractivity contribution >= 4 is 34.4 Å². The summed E-state index contributed by atoms with van der Waals surface area (Å²) >= 11 is 0. The van der Waals surface area contributed by atoms with Gasteiger partial charge in [0.25, 0.3) is 0 Å². The lowest BCUT2D eigenvalue weighted by molar-refractivity contribution is -0.111. The van der Waals surface area contributed by atoms with Crippen LogP contribution < -0.4 is 25.0 Å². The number of likely N-dealkylation sites (N-methyl/N-ethyl adjacent to an activating group) is 2. The molecule has 1 aromatic carbocycles. The molecule has 0 atom stereocenters. The smallest absolute Gasteiger partial charge is 0.247 e. The minimum Gasteiger partial charge on any atom is -0.494 e. The summed E-state index contributed by atoms with van der Waals surface area (Å²) in [6.45, 7) is 7.53. The summed E-state index contributed by atoms with van der Waals surface area (Å²) in [5.41, 5.74) is 4.28. The van der Waals surface area contributed by atoms with Crippen molar-refractivity contribution in [2.45, 2.75) is 6.92 Å². The molecule has 0 aliphatic rings. The number of fused-ring (bicyclic) bond motifs is 1. The number of methoxy groups -OCH3 is 1. The summed E-state index contributed by atoms with van der Waals surface area (Å²) in [4.78, 5) is 25.7. The summed E-state index contributed by atoms with van der Waals surface area (Å²) in [5, 5.41) is 10.6. The van der Waals surface area contributed by atoms with Gasteiger partial charge in [0.2, 0.25) is 11.9 Å². The van der Waals surface area contributed by atoms with E-state index in [4.69, 9.17) is 14.5 Å². The molecule has 11 heteroatoms. The molecule has 0 unspecified atom stereocenters. The van der Waals surface area contributed by atoms with E-state index in [1.807, 2.05) is 58.5 Å². The molecule has 0 saturated heterocycles. The third kappa shape index (κ3) is 6.27. The van der Waals surface area contributed by atoms with Gasteiger partial charge in [-0.05, 0) is 45.3 Å². The van der Waals surface area contributed by atoms with Gasteiger partial charge in [0, 0.05) is 32.4 Å². The average Bonchev–Trinajstić information content (AvgIpc) is 3.36. The van der Waals surface area contributed by atoms with Crippen molar-refractivity contribution in [1.82, 2.24) is 24.5 Å². The fraction of sp³-hybridized carbons (Fsp3) is 0.286. The van der Waals surface area contributed by atoms with E-state index in [1.54, 1.807) is 30.1 Å². The molecule has 0 aliphatic heterocycles. The van der Waals surface area contributed by atoms with Crippen LogP contribution in [0.25, 0.3) is 16.8 Å². The molecule has 3 heterocycles. The quantitative estimate of drug-likeness (QED) is 0.262. The SMILES string of the molecule is C=CC(=O)Nc1cc(Nc2ncc(OCC)c(-c3cnn4ccccc34)n2)c(OC)cc1N(C)CCN(C)C. The highest BCUT2D eigenvalue weighted by molar-refractivity contribution is 6.02. The molecule has 4 aromatic rings. The van der Waals surface area contributed by atoms with E-state index in [1.165, 1.54) is 6.08 Å². The van der Waals surface area contributed by atoms with Gasteiger partial charge in [-0.1, -0.05) is 12.6 Å². The Balaban J connectivity index is 1.75. The van der Waals surface area contributed by atoms with Crippen molar-refractivity contribution in [2.75, 3.05) is 63.5 Å². The highest BCUT2D eigenvalue weighted by Crippen LogP contribution is 2.39. The van der Waals surface area contributed by atoms with Crippen molar-refractivity contribution in [2.24, 2.45) is 0 Å². The number of hydrogen-bond donors (Lipinski definition) is 2. The zero-order chi connectivity index (χ0) is 27.9. The summed E-state index contributed by atoms with van der Waals surface area (Å²) < 4.78 is 13.3. The normalized spacial score (nSPS) is 10.9. The minimum atomic E-state index is -0.318. The average molecular weight is 531 g/mol. The van der Waals surface area contributed by atoms with E-state index < -0.39 is 0 Å². The Morgan fingerprint density at radius 1 is 1.13 bits per heavy atom. The van der Waals surface area contributed by atoms with Gasteiger partial charge in [-0.15, -0.1) is 0 Å². The van der Waals surface area contributed by atoms with Crippen LogP contribution in [0.3, 0.4) is 0 Å². The maximum Gasteiger partial charge on any atom is 0.247 e. The first-order chi connectivity index (χ1) is 18.8. The van der Waals surface area contributed by atoms with Gasteiger partial charge in [-0.2, -0.15) is 5.10 Å². The Morgan fingerprint density at radius 3 is 2.67 bits per heavy atom. The monoisotopic (exact) mass is 530 g/mol. The van der Waals surface area contributed by atoms with E-state index >= 15 is 0 Å². The number of pyridine rings is 1. The van der Waals surface area contributed by atoms with Crippen molar-refractivity contribution in [3.63, 3.8) is 0 Å². The molecule has 0 bridgehead atoms. The molecule has 0 saturated carbocycles. The minimum absolute atomic E-state index is 0.318. The Labute approximate surface area is 228 Å². The Hall–Kier alpha value is -4.64. The molecular formula is C28H34N8O3. The predicted octanol–water partition coefficient (Wildman–Crippen LogP) is 4.06. The number of carbonyl (C=O) groups is 1. The fourth-order valence-electron chi connectivity index (χ4n) is 4.03. The first kappa shape index (κ1) is 27.4. The maximum absolute atomic E-state index is 12.3. The molecule has 4 rings (SSSR count). The van der Waals surface area contributed by atoms with E-state index in [9.17, 15) is 4.79 Å². The van der Waals surface area contributed by atoms with Gasteiger partial charge in [0.15, 0.2) is 5.75 Å². The van der Waals surface area contributed by atoms with Crippen molar-refractivity contribution in [3.05, 3.63) is 61.6 Å². The molecule has 2 N–H and O–H groups in total. The van der Waals surface area contributed by atoms with Crippen LogP contribution in [0.5, 0.6) is 11.5 Å². The van der Waals surface area contributed by atoms with Gasteiger partial charge in [-0.3, -0.25) is 4.79 Å². The summed E-state index contributed by atoms with van der Waals surface area (Å²) in [6, 6.07) is 9.50. The van der Waals surface area contributed by atoms with E-state index in [2.05, 4.69) is 37.1 Å². The first-order valence-corrected chi connectivity index (χ1v) is 12.6. The second-order valence-corrected chi connectivity index (χ2v) is 9.04. The van der Waals surface area contributed by atoms with Crippen LogP contribution in [0.4, 0.5) is 23.0 Å². The molecule has 1 amide bonds. The van der Waals surface area contributed by atoms with Gasteiger partial charge in [0.1, 0.15) is 11.4 Å². The number of nitrogens with zero attached hydrogens (tertiary/aromatic N) is 6. The Bertz CT molecular complexity index is 1470. The molecule has 0 aliphatic carbocycles. The van der Waals surface area contributed by atoms with Crippen LogP contribution in [0, 0.1) is 0 Å². The molecule has 204 valence electrons. The van der Waals surface area contributed by atoms with Crippen molar-refractivity contribution in [1.29, 1.82) is 0 Å². The van der Waals surface area contributed by atoms with E-state index in [0.717, 1.165) is 29.9 Å². The zero-order valence-electron chi connectivity index (χ0n) is 22.9. The number of hydrogen-bond acceptors (Lipinski definition) is 9. The lowest BCUT2D eigenvalue weighted by atomic mass is 10.1. The van der Waals surface area contributed by atoms with Crippen LogP contribution in [0.1, 0.15) is 6.92 Å². The largest absolute Gasteiger partial charge is 0.494 e. The number of ether oxygens (including phenoxy) is 2. The van der Waals surface area contributed by atoms with Gasteiger partial charge < -0.3 is 29.9 Å². The lowest BCUT2D eigenvalue weighted by Gasteiger charge is -2.26. The van der Waals surface area contributed by atoms with Crippen LogP contribution >= 0.6 is 0 Å². The number of rotatable bonds is 12.